The van der Waals surface area contributed by atoms with Crippen LogP contribution < -0.4 is 15.4 Å². The Balaban J connectivity index is 2.25. The lowest BCUT2D eigenvalue weighted by molar-refractivity contribution is 0.462. The second-order valence-electron chi connectivity index (χ2n) is 3.88. The van der Waals surface area contributed by atoms with Crippen LogP contribution in [-0.2, 0) is 0 Å². The summed E-state index contributed by atoms with van der Waals surface area (Å²) in [6.45, 7) is 0. The van der Waals surface area contributed by atoms with Crippen LogP contribution >= 0.6 is 11.6 Å². The molecule has 6 heteroatoms. The van der Waals surface area contributed by atoms with Crippen molar-refractivity contribution in [3.8, 4) is 11.6 Å². The molecular weight excluding hydrogens is 252 g/mol. The second-order valence-corrected chi connectivity index (χ2v) is 4.29. The molecule has 0 saturated heterocycles. The molecule has 0 aliphatic rings. The van der Waals surface area contributed by atoms with Crippen LogP contribution in [0.15, 0.2) is 30.5 Å². The van der Waals surface area contributed by atoms with Gasteiger partial charge in [-0.1, -0.05) is 11.6 Å². The molecular formula is C12H13ClN4O. The van der Waals surface area contributed by atoms with E-state index in [1.807, 2.05) is 14.1 Å². The molecule has 0 saturated carbocycles. The normalized spacial score (nSPS) is 10.2. The lowest BCUT2D eigenvalue weighted by Crippen LogP contribution is -2.12. The summed E-state index contributed by atoms with van der Waals surface area (Å²) < 4.78 is 5.59. The Labute approximate surface area is 110 Å². The molecule has 0 fully saturated rings. The zero-order valence-electron chi connectivity index (χ0n) is 10.1. The molecule has 1 heterocycles. The van der Waals surface area contributed by atoms with Crippen molar-refractivity contribution < 1.29 is 4.74 Å². The Kier molecular flexibility index (Phi) is 3.53. The third-order valence-corrected chi connectivity index (χ3v) is 2.48. The highest BCUT2D eigenvalue weighted by molar-refractivity contribution is 6.32. The van der Waals surface area contributed by atoms with Gasteiger partial charge in [0.2, 0.25) is 11.8 Å². The van der Waals surface area contributed by atoms with Gasteiger partial charge in [0.25, 0.3) is 0 Å². The van der Waals surface area contributed by atoms with Gasteiger partial charge in [-0.05, 0) is 18.2 Å². The quantitative estimate of drug-likeness (QED) is 0.863. The summed E-state index contributed by atoms with van der Waals surface area (Å²) >= 11 is 6.02. The summed E-state index contributed by atoms with van der Waals surface area (Å²) in [7, 11) is 3.71. The molecule has 2 aromatic rings. The Morgan fingerprint density at radius 2 is 2.06 bits per heavy atom. The molecule has 2 rings (SSSR count). The second kappa shape index (κ2) is 5.10. The molecule has 0 spiro atoms. The van der Waals surface area contributed by atoms with Crippen molar-refractivity contribution in [1.29, 1.82) is 0 Å². The molecule has 18 heavy (non-hydrogen) atoms. The van der Waals surface area contributed by atoms with E-state index in [-0.39, 0.29) is 0 Å². The van der Waals surface area contributed by atoms with Gasteiger partial charge in [-0.3, -0.25) is 0 Å². The molecule has 1 aromatic heterocycles. The molecule has 0 atom stereocenters. The van der Waals surface area contributed by atoms with Crippen molar-refractivity contribution in [1.82, 2.24) is 9.97 Å². The summed E-state index contributed by atoms with van der Waals surface area (Å²) in [4.78, 5) is 10.1. The fourth-order valence-electron chi connectivity index (χ4n) is 1.32. The van der Waals surface area contributed by atoms with Crippen molar-refractivity contribution in [2.75, 3.05) is 24.7 Å². The lowest BCUT2D eigenvalue weighted by Gasteiger charge is -2.11. The van der Waals surface area contributed by atoms with Gasteiger partial charge in [0.15, 0.2) is 0 Å². The van der Waals surface area contributed by atoms with Crippen molar-refractivity contribution in [2.24, 2.45) is 0 Å². The predicted molar refractivity (Wildman–Crippen MR) is 72.3 cm³/mol. The number of nitrogen functional groups attached to an aromatic ring is 1. The number of halogens is 1. The minimum atomic E-state index is 0.431. The third-order valence-electron chi connectivity index (χ3n) is 2.19. The highest BCUT2D eigenvalue weighted by Gasteiger charge is 2.06. The van der Waals surface area contributed by atoms with Gasteiger partial charge in [0, 0.05) is 32.0 Å². The smallest absolute Gasteiger partial charge is 0.228 e. The number of anilines is 2. The molecule has 0 aliphatic carbocycles. The predicted octanol–water partition coefficient (Wildman–Crippen LogP) is 2.57. The van der Waals surface area contributed by atoms with Gasteiger partial charge >= 0.3 is 0 Å². The zero-order valence-corrected chi connectivity index (χ0v) is 10.8. The monoisotopic (exact) mass is 264 g/mol. The molecule has 1 aromatic carbocycles. The standard InChI is InChI=1S/C12H13ClN4O/c1-17(2)12-15-6-5-11(16-12)18-10-4-3-8(14)7-9(10)13/h3-7H,14H2,1-2H3. The molecule has 0 amide bonds. The summed E-state index contributed by atoms with van der Waals surface area (Å²) in [6, 6.07) is 6.72. The highest BCUT2D eigenvalue weighted by atomic mass is 35.5. The average molecular weight is 265 g/mol. The van der Waals surface area contributed by atoms with Crippen molar-refractivity contribution in [2.45, 2.75) is 0 Å². The van der Waals surface area contributed by atoms with E-state index < -0.39 is 0 Å². The maximum atomic E-state index is 6.02. The summed E-state index contributed by atoms with van der Waals surface area (Å²) in [6.07, 6.45) is 1.63. The molecule has 0 unspecified atom stereocenters. The number of nitrogens with two attached hydrogens (primary N) is 1. The number of nitrogens with zero attached hydrogens (tertiary/aromatic N) is 3. The van der Waals surface area contributed by atoms with Crippen LogP contribution in [0.2, 0.25) is 5.02 Å². The number of aromatic nitrogens is 2. The minimum absolute atomic E-state index is 0.431. The molecule has 94 valence electrons. The first-order chi connectivity index (χ1) is 8.56. The first-order valence-corrected chi connectivity index (χ1v) is 5.67. The number of rotatable bonds is 3. The van der Waals surface area contributed by atoms with E-state index >= 15 is 0 Å². The topological polar surface area (TPSA) is 64.3 Å². The van der Waals surface area contributed by atoms with Gasteiger partial charge in [0.1, 0.15) is 5.75 Å². The van der Waals surface area contributed by atoms with Crippen LogP contribution in [0.1, 0.15) is 0 Å². The molecule has 0 aliphatic heterocycles. The molecule has 0 bridgehead atoms. The number of hydrogen-bond donors (Lipinski definition) is 1. The summed E-state index contributed by atoms with van der Waals surface area (Å²) in [5.74, 6) is 1.51. The largest absolute Gasteiger partial charge is 0.437 e. The average Bonchev–Trinajstić information content (AvgIpc) is 2.33. The van der Waals surface area contributed by atoms with Gasteiger partial charge in [-0.2, -0.15) is 4.98 Å². The summed E-state index contributed by atoms with van der Waals surface area (Å²) in [5.41, 5.74) is 6.20. The Bertz CT molecular complexity index is 560. The van der Waals surface area contributed by atoms with Gasteiger partial charge in [-0.25, -0.2) is 4.98 Å². The fourth-order valence-corrected chi connectivity index (χ4v) is 1.54. The number of hydrogen-bond acceptors (Lipinski definition) is 5. The fraction of sp³-hybridized carbons (Fsp3) is 0.167. The van der Waals surface area contributed by atoms with Crippen molar-refractivity contribution >= 4 is 23.2 Å². The summed E-state index contributed by atoms with van der Waals surface area (Å²) in [5, 5.41) is 0.444. The first-order valence-electron chi connectivity index (χ1n) is 5.29. The lowest BCUT2D eigenvalue weighted by atomic mass is 10.3. The Morgan fingerprint density at radius 3 is 2.72 bits per heavy atom. The maximum Gasteiger partial charge on any atom is 0.228 e. The van der Waals surface area contributed by atoms with E-state index in [0.717, 1.165) is 0 Å². The Morgan fingerprint density at radius 1 is 1.28 bits per heavy atom. The number of benzene rings is 1. The van der Waals surface area contributed by atoms with Gasteiger partial charge in [0.05, 0.1) is 5.02 Å². The van der Waals surface area contributed by atoms with Crippen LogP contribution in [0.25, 0.3) is 0 Å². The number of ether oxygens (including phenoxy) is 1. The molecule has 2 N–H and O–H groups in total. The Hall–Kier alpha value is -2.01. The van der Waals surface area contributed by atoms with E-state index in [0.29, 0.717) is 28.3 Å². The maximum absolute atomic E-state index is 6.02. The van der Waals surface area contributed by atoms with Crippen LogP contribution in [0.3, 0.4) is 0 Å². The van der Waals surface area contributed by atoms with Crippen LogP contribution in [0, 0.1) is 0 Å². The van der Waals surface area contributed by atoms with E-state index in [1.165, 1.54) is 0 Å². The SMILES string of the molecule is CN(C)c1nccc(Oc2ccc(N)cc2Cl)n1. The third kappa shape index (κ3) is 2.81. The van der Waals surface area contributed by atoms with Gasteiger partial charge in [-0.15, -0.1) is 0 Å². The zero-order chi connectivity index (χ0) is 13.1. The van der Waals surface area contributed by atoms with E-state index in [1.54, 1.807) is 35.4 Å². The van der Waals surface area contributed by atoms with Crippen molar-refractivity contribution in [3.05, 3.63) is 35.5 Å². The first kappa shape index (κ1) is 12.4. The minimum Gasteiger partial charge on any atom is -0.437 e. The van der Waals surface area contributed by atoms with E-state index in [2.05, 4.69) is 9.97 Å². The highest BCUT2D eigenvalue weighted by Crippen LogP contribution is 2.30. The molecule has 5 nitrogen and oxygen atoms in total. The van der Waals surface area contributed by atoms with Gasteiger partial charge < -0.3 is 15.4 Å². The molecule has 0 radical (unpaired) electrons. The van der Waals surface area contributed by atoms with Crippen molar-refractivity contribution in [3.63, 3.8) is 0 Å². The van der Waals surface area contributed by atoms with Crippen LogP contribution in [-0.4, -0.2) is 24.1 Å². The van der Waals surface area contributed by atoms with Crippen LogP contribution in [0.5, 0.6) is 11.6 Å². The van der Waals surface area contributed by atoms with E-state index in [9.17, 15) is 0 Å². The van der Waals surface area contributed by atoms with E-state index in [4.69, 9.17) is 22.1 Å². The van der Waals surface area contributed by atoms with Crippen LogP contribution in [0.4, 0.5) is 11.6 Å².